The van der Waals surface area contributed by atoms with Gasteiger partial charge in [0, 0.05) is 6.42 Å². The fourth-order valence-corrected chi connectivity index (χ4v) is 4.90. The molecule has 0 rings (SSSR count). The number of carbonyl (C=O) groups excluding carboxylic acids is 1. The summed E-state index contributed by atoms with van der Waals surface area (Å²) < 4.78 is 5.62. The number of esters is 1. The molecule has 0 aliphatic carbocycles. The van der Waals surface area contributed by atoms with Crippen molar-refractivity contribution in [1.82, 2.24) is 0 Å². The predicted octanol–water partition coefficient (Wildman–Crippen LogP) is 11.5. The highest BCUT2D eigenvalue weighted by atomic mass is 16.5. The quantitative estimate of drug-likeness (QED) is 0.0821. The van der Waals surface area contributed by atoms with Crippen LogP contribution in [0.15, 0.2) is 0 Å². The van der Waals surface area contributed by atoms with Crippen molar-refractivity contribution in [2.75, 3.05) is 0 Å². The maximum atomic E-state index is 12.1. The zero-order chi connectivity index (χ0) is 25.0. The van der Waals surface area contributed by atoms with E-state index in [9.17, 15) is 4.79 Å². The van der Waals surface area contributed by atoms with Crippen LogP contribution in [0.3, 0.4) is 0 Å². The number of hydrogen-bond donors (Lipinski definition) is 0. The Hall–Kier alpha value is -0.530. The zero-order valence-corrected chi connectivity index (χ0v) is 24.0. The van der Waals surface area contributed by atoms with Crippen molar-refractivity contribution in [3.05, 3.63) is 0 Å². The molecule has 0 spiro atoms. The van der Waals surface area contributed by atoms with Gasteiger partial charge in [-0.15, -0.1) is 0 Å². The number of ether oxygens (including phenoxy) is 1. The van der Waals surface area contributed by atoms with E-state index >= 15 is 0 Å². The van der Waals surface area contributed by atoms with E-state index in [-0.39, 0.29) is 12.1 Å². The van der Waals surface area contributed by atoms with Gasteiger partial charge < -0.3 is 4.74 Å². The van der Waals surface area contributed by atoms with Gasteiger partial charge in [-0.25, -0.2) is 0 Å². The minimum atomic E-state index is 0.0227. The molecule has 0 aromatic rings. The fourth-order valence-electron chi connectivity index (χ4n) is 4.90. The lowest BCUT2D eigenvalue weighted by Crippen LogP contribution is -2.14. The molecule has 0 heterocycles. The van der Waals surface area contributed by atoms with Gasteiger partial charge in [-0.3, -0.25) is 4.79 Å². The van der Waals surface area contributed by atoms with E-state index in [4.69, 9.17) is 4.74 Å². The topological polar surface area (TPSA) is 26.3 Å². The van der Waals surface area contributed by atoms with Gasteiger partial charge in [-0.2, -0.15) is 0 Å². The molecule has 34 heavy (non-hydrogen) atoms. The lowest BCUT2D eigenvalue weighted by molar-refractivity contribution is -0.148. The highest BCUT2D eigenvalue weighted by Crippen LogP contribution is 2.15. The van der Waals surface area contributed by atoms with E-state index in [1.165, 1.54) is 154 Å². The highest BCUT2D eigenvalue weighted by Gasteiger charge is 2.09. The molecular weight excluding hydrogens is 416 g/mol. The van der Waals surface area contributed by atoms with E-state index in [0.29, 0.717) is 6.42 Å². The smallest absolute Gasteiger partial charge is 0.306 e. The Kier molecular flexibility index (Phi) is 28.3. The third-order valence-corrected chi connectivity index (χ3v) is 7.28. The molecule has 0 saturated heterocycles. The Morgan fingerprint density at radius 2 is 0.765 bits per heavy atom. The maximum Gasteiger partial charge on any atom is 0.306 e. The molecule has 0 bridgehead atoms. The second-order valence-electron chi connectivity index (χ2n) is 11.0. The largest absolute Gasteiger partial charge is 0.463 e. The van der Waals surface area contributed by atoms with E-state index in [0.717, 1.165) is 12.8 Å². The fraction of sp³-hybridized carbons (Fsp3) is 0.969. The van der Waals surface area contributed by atoms with Crippen molar-refractivity contribution >= 4 is 5.97 Å². The van der Waals surface area contributed by atoms with Crippen LogP contribution < -0.4 is 0 Å². The summed E-state index contributed by atoms with van der Waals surface area (Å²) >= 11 is 0. The van der Waals surface area contributed by atoms with Gasteiger partial charge in [0.2, 0.25) is 0 Å². The molecule has 204 valence electrons. The summed E-state index contributed by atoms with van der Waals surface area (Å²) in [5.41, 5.74) is 0. The van der Waals surface area contributed by atoms with Crippen LogP contribution in [0.2, 0.25) is 0 Å². The molecule has 0 fully saturated rings. The molecule has 0 amide bonds. The second kappa shape index (κ2) is 28.7. The first-order chi connectivity index (χ1) is 16.7. The molecule has 1 unspecified atom stereocenters. The first kappa shape index (κ1) is 33.5. The van der Waals surface area contributed by atoms with E-state index in [2.05, 4.69) is 20.8 Å². The summed E-state index contributed by atoms with van der Waals surface area (Å²) in [5, 5.41) is 0. The third-order valence-electron chi connectivity index (χ3n) is 7.28. The third kappa shape index (κ3) is 27.7. The number of carbonyl (C=O) groups is 1. The normalized spacial score (nSPS) is 12.2. The standard InChI is InChI=1S/C32H64O2/c1-4-6-8-10-12-14-16-17-18-20-22-24-26-28-30-32(33)34-31(3)29-27-25-23-21-19-15-13-11-9-7-5-2/h31H,4-30H2,1-3H3. The van der Waals surface area contributed by atoms with Crippen LogP contribution >= 0.6 is 0 Å². The highest BCUT2D eigenvalue weighted by molar-refractivity contribution is 5.69. The molecule has 2 heteroatoms. The molecule has 0 aliphatic rings. The summed E-state index contributed by atoms with van der Waals surface area (Å²) in [5.74, 6) is 0.0227. The Morgan fingerprint density at radius 1 is 0.471 bits per heavy atom. The molecule has 0 saturated carbocycles. The molecular formula is C32H64O2. The molecule has 1 atom stereocenters. The molecule has 0 aromatic carbocycles. The Balaban J connectivity index is 3.28. The Morgan fingerprint density at radius 3 is 1.12 bits per heavy atom. The molecule has 2 nitrogen and oxygen atoms in total. The minimum Gasteiger partial charge on any atom is -0.463 e. The number of hydrogen-bond acceptors (Lipinski definition) is 2. The summed E-state index contributed by atoms with van der Waals surface area (Å²) in [4.78, 5) is 12.1. The van der Waals surface area contributed by atoms with Crippen LogP contribution in [0.25, 0.3) is 0 Å². The number of unbranched alkanes of at least 4 members (excludes halogenated alkanes) is 23. The summed E-state index contributed by atoms with van der Waals surface area (Å²) in [6.45, 7) is 6.63. The first-order valence-corrected chi connectivity index (χ1v) is 15.9. The van der Waals surface area contributed by atoms with Gasteiger partial charge in [0.15, 0.2) is 0 Å². The molecule has 0 aliphatic heterocycles. The van der Waals surface area contributed by atoms with E-state index < -0.39 is 0 Å². The first-order valence-electron chi connectivity index (χ1n) is 15.9. The van der Waals surface area contributed by atoms with Crippen LogP contribution in [0.1, 0.15) is 194 Å². The molecule has 0 aromatic heterocycles. The van der Waals surface area contributed by atoms with Gasteiger partial charge in [-0.05, 0) is 26.2 Å². The Bertz CT molecular complexity index is 392. The summed E-state index contributed by atoms with van der Waals surface area (Å²) in [7, 11) is 0. The van der Waals surface area contributed by atoms with Crippen LogP contribution in [-0.4, -0.2) is 12.1 Å². The monoisotopic (exact) mass is 480 g/mol. The second-order valence-corrected chi connectivity index (χ2v) is 11.0. The van der Waals surface area contributed by atoms with Crippen molar-refractivity contribution < 1.29 is 9.53 Å². The molecule has 0 radical (unpaired) electrons. The van der Waals surface area contributed by atoms with Crippen molar-refractivity contribution in [2.24, 2.45) is 0 Å². The van der Waals surface area contributed by atoms with Crippen LogP contribution in [0.4, 0.5) is 0 Å². The lowest BCUT2D eigenvalue weighted by Gasteiger charge is -2.13. The van der Waals surface area contributed by atoms with Crippen LogP contribution in [-0.2, 0) is 9.53 Å². The maximum absolute atomic E-state index is 12.1. The van der Waals surface area contributed by atoms with Gasteiger partial charge >= 0.3 is 5.97 Å². The van der Waals surface area contributed by atoms with Crippen molar-refractivity contribution in [2.45, 2.75) is 200 Å². The predicted molar refractivity (Wildman–Crippen MR) is 152 cm³/mol. The number of rotatable bonds is 28. The SMILES string of the molecule is CCCCCCCCCCCCCCCCC(=O)OC(C)CCCCCCCCCCCCC. The van der Waals surface area contributed by atoms with Gasteiger partial charge in [0.25, 0.3) is 0 Å². The zero-order valence-electron chi connectivity index (χ0n) is 24.0. The summed E-state index contributed by atoms with van der Waals surface area (Å²) in [6.07, 6.45) is 35.7. The van der Waals surface area contributed by atoms with Gasteiger partial charge in [-0.1, -0.05) is 162 Å². The average Bonchev–Trinajstić information content (AvgIpc) is 2.82. The van der Waals surface area contributed by atoms with Crippen molar-refractivity contribution in [3.8, 4) is 0 Å². The van der Waals surface area contributed by atoms with Crippen LogP contribution in [0.5, 0.6) is 0 Å². The van der Waals surface area contributed by atoms with E-state index in [1.807, 2.05) is 0 Å². The lowest BCUT2D eigenvalue weighted by atomic mass is 10.0. The Labute approximate surface area is 215 Å². The van der Waals surface area contributed by atoms with Crippen LogP contribution in [0, 0.1) is 0 Å². The van der Waals surface area contributed by atoms with Gasteiger partial charge in [0.1, 0.15) is 0 Å². The summed E-state index contributed by atoms with van der Waals surface area (Å²) in [6, 6.07) is 0. The molecule has 0 N–H and O–H groups in total. The van der Waals surface area contributed by atoms with Gasteiger partial charge in [0.05, 0.1) is 6.10 Å². The minimum absolute atomic E-state index is 0.0227. The van der Waals surface area contributed by atoms with Crippen molar-refractivity contribution in [3.63, 3.8) is 0 Å². The van der Waals surface area contributed by atoms with E-state index in [1.54, 1.807) is 0 Å². The van der Waals surface area contributed by atoms with Crippen molar-refractivity contribution in [1.29, 1.82) is 0 Å². The average molecular weight is 481 g/mol.